The average Bonchev–Trinajstić information content (AvgIpc) is 3.15. The number of aliphatic carboxylic acids is 1. The number of nitrogens with zero attached hydrogens (tertiary/aromatic N) is 2. The normalized spacial score (nSPS) is 24.8. The molecule has 26 heavy (non-hydrogen) atoms. The molecule has 1 N–H and O–H groups in total. The molecule has 2 aliphatic heterocycles. The summed E-state index contributed by atoms with van der Waals surface area (Å²) in [7, 11) is 0. The van der Waals surface area contributed by atoms with Gasteiger partial charge < -0.3 is 14.9 Å². The predicted molar refractivity (Wildman–Crippen MR) is 96.4 cm³/mol. The molecule has 2 fully saturated rings. The summed E-state index contributed by atoms with van der Waals surface area (Å²) in [4.78, 5) is 40.0. The van der Waals surface area contributed by atoms with E-state index < -0.39 is 17.3 Å². The molecule has 2 aliphatic rings. The fourth-order valence-electron chi connectivity index (χ4n) is 4.17. The summed E-state index contributed by atoms with van der Waals surface area (Å²) >= 11 is 0. The SMILES string of the molecule is CCN1C[C@]2(C(=O)O)CN(C(=O)CCCCc3ccccc3)C[C@@H]2C1=O. The Balaban J connectivity index is 1.54. The molecule has 1 aromatic carbocycles. The standard InChI is InChI=1S/C20H26N2O4/c1-2-21-13-20(19(25)26)14-22(12-16(20)18(21)24)17(23)11-7-6-10-15-8-4-3-5-9-15/h3-5,8-9,16H,2,6-7,10-14H2,1H3,(H,25,26)/t16-,20+/m1/s1. The molecule has 0 aliphatic carbocycles. The van der Waals surface area contributed by atoms with E-state index in [-0.39, 0.29) is 31.4 Å². The maximum absolute atomic E-state index is 12.5. The number of unbranched alkanes of at least 4 members (excludes halogenated alkanes) is 1. The van der Waals surface area contributed by atoms with Crippen LogP contribution in [0, 0.1) is 11.3 Å². The number of likely N-dealkylation sites (tertiary alicyclic amines) is 2. The van der Waals surface area contributed by atoms with Crippen LogP contribution < -0.4 is 0 Å². The molecule has 2 amide bonds. The molecule has 0 radical (unpaired) electrons. The maximum Gasteiger partial charge on any atom is 0.314 e. The van der Waals surface area contributed by atoms with Crippen molar-refractivity contribution in [1.29, 1.82) is 0 Å². The van der Waals surface area contributed by atoms with Crippen molar-refractivity contribution >= 4 is 17.8 Å². The number of hydrogen-bond donors (Lipinski definition) is 1. The highest BCUT2D eigenvalue weighted by atomic mass is 16.4. The van der Waals surface area contributed by atoms with Crippen LogP contribution in [-0.2, 0) is 20.8 Å². The molecule has 2 saturated heterocycles. The van der Waals surface area contributed by atoms with E-state index in [1.54, 1.807) is 9.80 Å². The average molecular weight is 358 g/mol. The number of carbonyl (C=O) groups is 3. The zero-order valence-corrected chi connectivity index (χ0v) is 15.2. The number of aryl methyl sites for hydroxylation is 1. The van der Waals surface area contributed by atoms with Gasteiger partial charge in [-0.2, -0.15) is 0 Å². The second-order valence-electron chi connectivity index (χ2n) is 7.33. The molecule has 6 nitrogen and oxygen atoms in total. The highest BCUT2D eigenvalue weighted by molar-refractivity contribution is 5.94. The van der Waals surface area contributed by atoms with Gasteiger partial charge in [-0.1, -0.05) is 30.3 Å². The number of benzene rings is 1. The van der Waals surface area contributed by atoms with Crippen molar-refractivity contribution in [2.45, 2.75) is 32.6 Å². The Morgan fingerprint density at radius 3 is 2.54 bits per heavy atom. The molecule has 0 bridgehead atoms. The second-order valence-corrected chi connectivity index (χ2v) is 7.33. The van der Waals surface area contributed by atoms with Gasteiger partial charge in [0.25, 0.3) is 0 Å². The molecular weight excluding hydrogens is 332 g/mol. The van der Waals surface area contributed by atoms with Gasteiger partial charge in [-0.3, -0.25) is 14.4 Å². The Labute approximate surface area is 153 Å². The third-order valence-electron chi connectivity index (χ3n) is 5.74. The van der Waals surface area contributed by atoms with E-state index in [2.05, 4.69) is 12.1 Å². The molecule has 3 rings (SSSR count). The number of carboxylic acid groups (broad SMARTS) is 1. The molecule has 0 aromatic heterocycles. The first-order valence-electron chi connectivity index (χ1n) is 9.32. The highest BCUT2D eigenvalue weighted by Gasteiger charge is 2.62. The van der Waals surface area contributed by atoms with Crippen molar-refractivity contribution in [3.8, 4) is 0 Å². The van der Waals surface area contributed by atoms with Crippen molar-refractivity contribution < 1.29 is 19.5 Å². The zero-order valence-electron chi connectivity index (χ0n) is 15.2. The van der Waals surface area contributed by atoms with Crippen molar-refractivity contribution in [2.75, 3.05) is 26.2 Å². The van der Waals surface area contributed by atoms with Gasteiger partial charge >= 0.3 is 5.97 Å². The lowest BCUT2D eigenvalue weighted by atomic mass is 9.81. The van der Waals surface area contributed by atoms with E-state index in [1.165, 1.54) is 5.56 Å². The first-order valence-corrected chi connectivity index (χ1v) is 9.32. The van der Waals surface area contributed by atoms with Crippen LogP contribution in [0.4, 0.5) is 0 Å². The molecular formula is C20H26N2O4. The monoisotopic (exact) mass is 358 g/mol. The molecule has 0 saturated carbocycles. The summed E-state index contributed by atoms with van der Waals surface area (Å²) in [6.45, 7) is 2.95. The van der Waals surface area contributed by atoms with Crippen molar-refractivity contribution in [1.82, 2.24) is 9.80 Å². The summed E-state index contributed by atoms with van der Waals surface area (Å²) in [5.74, 6) is -1.74. The van der Waals surface area contributed by atoms with Crippen LogP contribution in [0.2, 0.25) is 0 Å². The second kappa shape index (κ2) is 7.48. The van der Waals surface area contributed by atoms with Gasteiger partial charge in [0.05, 0.1) is 5.92 Å². The van der Waals surface area contributed by atoms with Crippen LogP contribution in [0.5, 0.6) is 0 Å². The Kier molecular flexibility index (Phi) is 5.30. The van der Waals surface area contributed by atoms with Crippen molar-refractivity contribution in [3.05, 3.63) is 35.9 Å². The molecule has 2 atom stereocenters. The van der Waals surface area contributed by atoms with E-state index in [1.807, 2.05) is 25.1 Å². The third kappa shape index (κ3) is 3.32. The van der Waals surface area contributed by atoms with Crippen LogP contribution >= 0.6 is 0 Å². The summed E-state index contributed by atoms with van der Waals surface area (Å²) in [6, 6.07) is 10.1. The number of amides is 2. The van der Waals surface area contributed by atoms with E-state index in [0.717, 1.165) is 19.3 Å². The van der Waals surface area contributed by atoms with Crippen molar-refractivity contribution in [3.63, 3.8) is 0 Å². The Hall–Kier alpha value is -2.37. The van der Waals surface area contributed by atoms with Crippen LogP contribution in [0.1, 0.15) is 31.7 Å². The fourth-order valence-corrected chi connectivity index (χ4v) is 4.17. The predicted octanol–water partition coefficient (Wildman–Crippen LogP) is 1.79. The van der Waals surface area contributed by atoms with Gasteiger partial charge in [-0.05, 0) is 31.7 Å². The first-order chi connectivity index (χ1) is 12.5. The van der Waals surface area contributed by atoms with E-state index in [9.17, 15) is 19.5 Å². The van der Waals surface area contributed by atoms with Crippen LogP contribution in [0.25, 0.3) is 0 Å². The van der Waals surface area contributed by atoms with Gasteiger partial charge in [-0.15, -0.1) is 0 Å². The lowest BCUT2D eigenvalue weighted by Gasteiger charge is -2.24. The van der Waals surface area contributed by atoms with Crippen LogP contribution in [0.15, 0.2) is 30.3 Å². The van der Waals surface area contributed by atoms with Gasteiger partial charge in [0.15, 0.2) is 0 Å². The van der Waals surface area contributed by atoms with E-state index in [0.29, 0.717) is 13.0 Å². The minimum Gasteiger partial charge on any atom is -0.481 e. The van der Waals surface area contributed by atoms with Crippen LogP contribution in [0.3, 0.4) is 0 Å². The number of carbonyl (C=O) groups excluding carboxylic acids is 2. The lowest BCUT2D eigenvalue weighted by molar-refractivity contribution is -0.150. The molecule has 140 valence electrons. The molecule has 2 heterocycles. The highest BCUT2D eigenvalue weighted by Crippen LogP contribution is 2.43. The van der Waals surface area contributed by atoms with E-state index >= 15 is 0 Å². The Bertz CT molecular complexity index is 690. The van der Waals surface area contributed by atoms with Crippen LogP contribution in [-0.4, -0.2) is 58.9 Å². The summed E-state index contributed by atoms with van der Waals surface area (Å²) < 4.78 is 0. The van der Waals surface area contributed by atoms with Crippen molar-refractivity contribution in [2.24, 2.45) is 11.3 Å². The van der Waals surface area contributed by atoms with Gasteiger partial charge in [-0.25, -0.2) is 0 Å². The van der Waals surface area contributed by atoms with Gasteiger partial charge in [0, 0.05) is 32.6 Å². The fraction of sp³-hybridized carbons (Fsp3) is 0.550. The topological polar surface area (TPSA) is 77.9 Å². The molecule has 0 unspecified atom stereocenters. The third-order valence-corrected chi connectivity index (χ3v) is 5.74. The number of fused-ring (bicyclic) bond motifs is 1. The summed E-state index contributed by atoms with van der Waals surface area (Å²) in [5, 5.41) is 9.73. The first kappa shape index (κ1) is 18.4. The van der Waals surface area contributed by atoms with Gasteiger partial charge in [0.2, 0.25) is 11.8 Å². The smallest absolute Gasteiger partial charge is 0.314 e. The largest absolute Gasteiger partial charge is 0.481 e. The lowest BCUT2D eigenvalue weighted by Crippen LogP contribution is -2.42. The molecule has 6 heteroatoms. The maximum atomic E-state index is 12.5. The molecule has 1 aromatic rings. The van der Waals surface area contributed by atoms with Gasteiger partial charge in [0.1, 0.15) is 5.41 Å². The zero-order chi connectivity index (χ0) is 18.7. The number of rotatable bonds is 7. The quantitative estimate of drug-likeness (QED) is 0.754. The minimum absolute atomic E-state index is 0.0380. The number of carboxylic acids is 1. The summed E-state index contributed by atoms with van der Waals surface area (Å²) in [5.41, 5.74) is 0.123. The number of hydrogen-bond acceptors (Lipinski definition) is 3. The summed E-state index contributed by atoms with van der Waals surface area (Å²) in [6.07, 6.45) is 3.02. The molecule has 0 spiro atoms. The Morgan fingerprint density at radius 1 is 1.19 bits per heavy atom. The minimum atomic E-state index is -1.13. The Morgan fingerprint density at radius 2 is 1.92 bits per heavy atom. The van der Waals surface area contributed by atoms with E-state index in [4.69, 9.17) is 0 Å².